The molecule has 1 fully saturated rings. The first-order chi connectivity index (χ1) is 13.5. The third-order valence-electron chi connectivity index (χ3n) is 5.21. The van der Waals surface area contributed by atoms with Gasteiger partial charge in [0, 0.05) is 38.3 Å². The van der Waals surface area contributed by atoms with Gasteiger partial charge in [0.05, 0.1) is 12.8 Å². The summed E-state index contributed by atoms with van der Waals surface area (Å²) < 4.78 is 16.1. The van der Waals surface area contributed by atoms with Crippen molar-refractivity contribution in [2.24, 2.45) is 0 Å². The summed E-state index contributed by atoms with van der Waals surface area (Å²) in [6, 6.07) is 5.97. The van der Waals surface area contributed by atoms with E-state index in [1.165, 1.54) is 0 Å². The molecule has 0 aliphatic carbocycles. The first-order valence-electron chi connectivity index (χ1n) is 9.43. The van der Waals surface area contributed by atoms with Crippen molar-refractivity contribution in [3.8, 4) is 17.2 Å². The predicted molar refractivity (Wildman–Crippen MR) is 104 cm³/mol. The van der Waals surface area contributed by atoms with Crippen molar-refractivity contribution in [2.45, 2.75) is 27.3 Å². The lowest BCUT2D eigenvalue weighted by Crippen LogP contribution is -2.46. The van der Waals surface area contributed by atoms with Gasteiger partial charge in [-0.2, -0.15) is 0 Å². The molecule has 28 heavy (non-hydrogen) atoms. The van der Waals surface area contributed by atoms with E-state index in [0.717, 1.165) is 72.6 Å². The van der Waals surface area contributed by atoms with Gasteiger partial charge in [-0.3, -0.25) is 4.90 Å². The van der Waals surface area contributed by atoms with E-state index in [2.05, 4.69) is 20.1 Å². The standard InChI is InChI=1S/C20H25N5O3/c1-13-11-16(5-6-18(13)26-4)20-21-17(15(3)27-20)12-24-7-9-25(10-8-24)19-14(2)22-28-23-19/h5-6,11H,7-10,12H2,1-4H3. The highest BCUT2D eigenvalue weighted by atomic mass is 16.6. The van der Waals surface area contributed by atoms with Crippen LogP contribution in [0.1, 0.15) is 22.7 Å². The Morgan fingerprint density at radius 2 is 1.86 bits per heavy atom. The molecule has 8 nitrogen and oxygen atoms in total. The first-order valence-corrected chi connectivity index (χ1v) is 9.43. The number of benzene rings is 1. The Labute approximate surface area is 164 Å². The summed E-state index contributed by atoms with van der Waals surface area (Å²) in [6.45, 7) is 10.3. The summed E-state index contributed by atoms with van der Waals surface area (Å²) >= 11 is 0. The van der Waals surface area contributed by atoms with Gasteiger partial charge in [0.1, 0.15) is 17.2 Å². The minimum atomic E-state index is 0.654. The highest BCUT2D eigenvalue weighted by Gasteiger charge is 2.23. The number of nitrogens with zero attached hydrogens (tertiary/aromatic N) is 5. The van der Waals surface area contributed by atoms with Crippen molar-refractivity contribution in [2.75, 3.05) is 38.2 Å². The van der Waals surface area contributed by atoms with Crippen molar-refractivity contribution in [1.29, 1.82) is 0 Å². The molecule has 0 atom stereocenters. The van der Waals surface area contributed by atoms with Crippen molar-refractivity contribution in [3.05, 3.63) is 40.9 Å². The van der Waals surface area contributed by atoms with E-state index in [4.69, 9.17) is 18.8 Å². The van der Waals surface area contributed by atoms with Gasteiger partial charge in [-0.05, 0) is 49.7 Å². The molecule has 3 aromatic rings. The summed E-state index contributed by atoms with van der Waals surface area (Å²) in [6.07, 6.45) is 0. The minimum absolute atomic E-state index is 0.654. The van der Waals surface area contributed by atoms with E-state index in [-0.39, 0.29) is 0 Å². The van der Waals surface area contributed by atoms with Crippen LogP contribution in [0.3, 0.4) is 0 Å². The van der Waals surface area contributed by atoms with E-state index >= 15 is 0 Å². The molecule has 1 aliphatic rings. The summed E-state index contributed by atoms with van der Waals surface area (Å²) in [5.41, 5.74) is 3.84. The first kappa shape index (κ1) is 18.5. The number of oxazole rings is 1. The molecule has 0 spiro atoms. The monoisotopic (exact) mass is 383 g/mol. The van der Waals surface area contributed by atoms with Crippen LogP contribution in [0, 0.1) is 20.8 Å². The third-order valence-corrected chi connectivity index (χ3v) is 5.21. The fraction of sp³-hybridized carbons (Fsp3) is 0.450. The average molecular weight is 383 g/mol. The topological polar surface area (TPSA) is 80.7 Å². The average Bonchev–Trinajstić information content (AvgIpc) is 3.28. The van der Waals surface area contributed by atoms with Gasteiger partial charge < -0.3 is 14.1 Å². The highest BCUT2D eigenvalue weighted by molar-refractivity contribution is 5.57. The number of ether oxygens (including phenoxy) is 1. The molecule has 4 rings (SSSR count). The molecule has 0 saturated carbocycles. The minimum Gasteiger partial charge on any atom is -0.496 e. The lowest BCUT2D eigenvalue weighted by molar-refractivity contribution is 0.243. The largest absolute Gasteiger partial charge is 0.496 e. The Morgan fingerprint density at radius 1 is 1.07 bits per heavy atom. The maximum atomic E-state index is 5.95. The second-order valence-corrected chi connectivity index (χ2v) is 7.14. The number of rotatable bonds is 5. The Balaban J connectivity index is 1.42. The third kappa shape index (κ3) is 3.60. The van der Waals surface area contributed by atoms with Crippen LogP contribution in [0.25, 0.3) is 11.5 Å². The highest BCUT2D eigenvalue weighted by Crippen LogP contribution is 2.27. The normalized spacial score (nSPS) is 15.2. The van der Waals surface area contributed by atoms with E-state index < -0.39 is 0 Å². The Morgan fingerprint density at radius 3 is 2.50 bits per heavy atom. The summed E-state index contributed by atoms with van der Waals surface area (Å²) in [5, 5.41) is 7.87. The van der Waals surface area contributed by atoms with Gasteiger partial charge in [0.25, 0.3) is 0 Å². The number of methoxy groups -OCH3 is 1. The lowest BCUT2D eigenvalue weighted by Gasteiger charge is -2.34. The number of aryl methyl sites for hydroxylation is 3. The quantitative estimate of drug-likeness (QED) is 0.665. The van der Waals surface area contributed by atoms with Gasteiger partial charge in [-0.1, -0.05) is 5.16 Å². The van der Waals surface area contributed by atoms with Gasteiger partial charge in [0.2, 0.25) is 5.89 Å². The second-order valence-electron chi connectivity index (χ2n) is 7.14. The molecule has 0 bridgehead atoms. The van der Waals surface area contributed by atoms with Gasteiger partial charge in [0.15, 0.2) is 5.82 Å². The summed E-state index contributed by atoms with van der Waals surface area (Å²) in [7, 11) is 1.68. The molecular formula is C20H25N5O3. The number of hydrogen-bond donors (Lipinski definition) is 0. The van der Waals surface area contributed by atoms with Gasteiger partial charge in [-0.15, -0.1) is 0 Å². The number of hydrogen-bond acceptors (Lipinski definition) is 8. The van der Waals surface area contributed by atoms with Crippen molar-refractivity contribution < 1.29 is 13.8 Å². The smallest absolute Gasteiger partial charge is 0.226 e. The maximum absolute atomic E-state index is 5.95. The molecule has 2 aromatic heterocycles. The van der Waals surface area contributed by atoms with Crippen molar-refractivity contribution >= 4 is 5.82 Å². The summed E-state index contributed by atoms with van der Waals surface area (Å²) in [5.74, 6) is 3.22. The van der Waals surface area contributed by atoms with Crippen LogP contribution in [-0.4, -0.2) is 53.5 Å². The van der Waals surface area contributed by atoms with E-state index in [1.807, 2.05) is 39.0 Å². The molecule has 0 N–H and O–H groups in total. The zero-order valence-electron chi connectivity index (χ0n) is 16.7. The second kappa shape index (κ2) is 7.63. The van der Waals surface area contributed by atoms with Crippen LogP contribution in [0.2, 0.25) is 0 Å². The zero-order valence-corrected chi connectivity index (χ0v) is 16.7. The van der Waals surface area contributed by atoms with Crippen LogP contribution < -0.4 is 9.64 Å². The van der Waals surface area contributed by atoms with Crippen molar-refractivity contribution in [1.82, 2.24) is 20.2 Å². The van der Waals surface area contributed by atoms with Crippen LogP contribution >= 0.6 is 0 Å². The SMILES string of the molecule is COc1ccc(-c2nc(CN3CCN(c4nonc4C)CC3)c(C)o2)cc1C. The molecular weight excluding hydrogens is 358 g/mol. The molecule has 1 aromatic carbocycles. The number of anilines is 1. The number of aromatic nitrogens is 3. The molecule has 1 aliphatic heterocycles. The van der Waals surface area contributed by atoms with Crippen LogP contribution in [0.4, 0.5) is 5.82 Å². The summed E-state index contributed by atoms with van der Waals surface area (Å²) in [4.78, 5) is 9.35. The fourth-order valence-corrected chi connectivity index (χ4v) is 3.55. The zero-order chi connectivity index (χ0) is 19.7. The molecule has 8 heteroatoms. The molecule has 0 radical (unpaired) electrons. The molecule has 148 valence electrons. The van der Waals surface area contributed by atoms with Crippen molar-refractivity contribution in [3.63, 3.8) is 0 Å². The van der Waals surface area contributed by atoms with Crippen LogP contribution in [0.15, 0.2) is 27.2 Å². The number of piperazine rings is 1. The van der Waals surface area contributed by atoms with Gasteiger partial charge in [-0.25, -0.2) is 9.61 Å². The maximum Gasteiger partial charge on any atom is 0.226 e. The molecule has 1 saturated heterocycles. The Kier molecular flexibility index (Phi) is 5.04. The fourth-order valence-electron chi connectivity index (χ4n) is 3.55. The van der Waals surface area contributed by atoms with Crippen LogP contribution in [-0.2, 0) is 6.54 Å². The Hall–Kier alpha value is -2.87. The molecule has 0 unspecified atom stereocenters. The molecule has 3 heterocycles. The van der Waals surface area contributed by atoms with E-state index in [0.29, 0.717) is 5.89 Å². The Bertz CT molecular complexity index is 957. The lowest BCUT2D eigenvalue weighted by atomic mass is 10.1. The molecule has 0 amide bonds. The predicted octanol–water partition coefficient (Wildman–Crippen LogP) is 2.98. The van der Waals surface area contributed by atoms with Crippen LogP contribution in [0.5, 0.6) is 5.75 Å². The van der Waals surface area contributed by atoms with E-state index in [1.54, 1.807) is 7.11 Å². The van der Waals surface area contributed by atoms with E-state index in [9.17, 15) is 0 Å². The van der Waals surface area contributed by atoms with Gasteiger partial charge >= 0.3 is 0 Å².